The van der Waals surface area contributed by atoms with Crippen LogP contribution in [0.5, 0.6) is 0 Å². The molecule has 6 rings (SSSR count). The highest BCUT2D eigenvalue weighted by molar-refractivity contribution is 5.70. The van der Waals surface area contributed by atoms with Crippen molar-refractivity contribution in [3.05, 3.63) is 0 Å². The minimum atomic E-state index is -1.67. The molecule has 14 heteroatoms. The second-order valence-electron chi connectivity index (χ2n) is 16.4. The van der Waals surface area contributed by atoms with Crippen LogP contribution in [0.25, 0.3) is 0 Å². The zero-order valence-corrected chi connectivity index (χ0v) is 27.5. The molecule has 9 N–H and O–H groups in total. The van der Waals surface area contributed by atoms with E-state index < -0.39 is 97.2 Å². The summed E-state index contributed by atoms with van der Waals surface area (Å²) in [6, 6.07) is 0. The predicted molar refractivity (Wildman–Crippen MR) is 160 cm³/mol. The number of hydrogen-bond acceptors (Lipinski definition) is 14. The minimum absolute atomic E-state index is 0.0594. The number of aliphatic hydroxyl groups is 9. The molecule has 4 unspecified atom stereocenters. The van der Waals surface area contributed by atoms with Crippen molar-refractivity contribution in [1.82, 2.24) is 0 Å². The summed E-state index contributed by atoms with van der Waals surface area (Å²) in [5.41, 5.74) is -3.26. The molecule has 0 aromatic rings. The second kappa shape index (κ2) is 12.3. The van der Waals surface area contributed by atoms with Crippen LogP contribution in [0, 0.1) is 28.1 Å². The van der Waals surface area contributed by atoms with Crippen LogP contribution in [0.4, 0.5) is 0 Å². The molecule has 17 atom stereocenters. The first-order chi connectivity index (χ1) is 22.0. The third kappa shape index (κ3) is 5.59. The predicted octanol–water partition coefficient (Wildman–Crippen LogP) is -1.18. The molecule has 47 heavy (non-hydrogen) atoms. The first-order valence-corrected chi connectivity index (χ1v) is 17.2. The van der Waals surface area contributed by atoms with E-state index in [0.29, 0.717) is 19.3 Å². The third-order valence-corrected chi connectivity index (χ3v) is 13.6. The molecule has 14 nitrogen and oxygen atoms in total. The number of aliphatic hydroxyl groups excluding tert-OH is 8. The van der Waals surface area contributed by atoms with Gasteiger partial charge in [0.15, 0.2) is 6.29 Å². The monoisotopic (exact) mass is 674 g/mol. The van der Waals surface area contributed by atoms with Gasteiger partial charge in [0, 0.05) is 0 Å². The highest BCUT2D eigenvalue weighted by Gasteiger charge is 2.72. The van der Waals surface area contributed by atoms with Gasteiger partial charge in [-0.2, -0.15) is 0 Å². The van der Waals surface area contributed by atoms with Crippen molar-refractivity contribution in [3.8, 4) is 0 Å². The Morgan fingerprint density at radius 3 is 1.91 bits per heavy atom. The van der Waals surface area contributed by atoms with Gasteiger partial charge in [-0.3, -0.25) is 4.79 Å². The number of hydrogen-bond donors (Lipinski definition) is 9. The Labute approximate surface area is 274 Å². The lowest BCUT2D eigenvalue weighted by atomic mass is 9.40. The molecular formula is C33H54O14. The molecule has 6 fully saturated rings. The van der Waals surface area contributed by atoms with E-state index in [1.54, 1.807) is 6.92 Å². The van der Waals surface area contributed by atoms with Gasteiger partial charge >= 0.3 is 5.97 Å². The summed E-state index contributed by atoms with van der Waals surface area (Å²) in [5.74, 6) is -0.248. The Kier molecular flexibility index (Phi) is 9.40. The van der Waals surface area contributed by atoms with E-state index in [4.69, 9.17) is 18.9 Å². The van der Waals surface area contributed by atoms with Crippen LogP contribution in [-0.2, 0) is 23.7 Å². The maximum absolute atomic E-state index is 13.4. The van der Waals surface area contributed by atoms with E-state index in [-0.39, 0.29) is 29.1 Å². The third-order valence-electron chi connectivity index (χ3n) is 13.6. The molecule has 2 heterocycles. The van der Waals surface area contributed by atoms with Crippen molar-refractivity contribution in [2.24, 2.45) is 28.1 Å². The van der Waals surface area contributed by atoms with Crippen LogP contribution in [0.2, 0.25) is 0 Å². The van der Waals surface area contributed by atoms with Crippen LogP contribution in [0.1, 0.15) is 85.0 Å². The first kappa shape index (κ1) is 35.8. The minimum Gasteiger partial charge on any atom is -0.433 e. The molecule has 0 aromatic heterocycles. The summed E-state index contributed by atoms with van der Waals surface area (Å²) < 4.78 is 23.1. The van der Waals surface area contributed by atoms with E-state index in [0.717, 1.165) is 38.5 Å². The fourth-order valence-corrected chi connectivity index (χ4v) is 11.4. The zero-order valence-electron chi connectivity index (χ0n) is 27.5. The van der Waals surface area contributed by atoms with Crippen molar-refractivity contribution in [3.63, 3.8) is 0 Å². The van der Waals surface area contributed by atoms with Crippen molar-refractivity contribution >= 4 is 5.97 Å². The molecule has 0 amide bonds. The number of fused-ring (bicyclic) bond motifs is 3. The number of esters is 1. The van der Waals surface area contributed by atoms with Crippen LogP contribution >= 0.6 is 0 Å². The van der Waals surface area contributed by atoms with E-state index in [9.17, 15) is 50.8 Å². The smallest absolute Gasteiger partial charge is 0.308 e. The second-order valence-corrected chi connectivity index (χ2v) is 16.4. The van der Waals surface area contributed by atoms with E-state index in [2.05, 4.69) is 13.8 Å². The Hall–Kier alpha value is -1.01. The standard InChI is InChI=1S/C33H54O14/c1-29(11-20(36)46-27-25(41)23(39)21(37)16(12-34)44-27)7-4-8-30(2)18(29)5-9-32-14-31(3,43)33(15-32,10-6-19(30)32)47-28-26(42)24(40)22(38)17(13-35)45-28/h16-19,21-28,34-35,37-43H,4-15H2,1-3H3/t16-,17-,18?,19+,21-,22-,23+,24+,25-,26-,27?,28+,29+,30-,31-,32?,33?/m1/s1. The van der Waals surface area contributed by atoms with Crippen molar-refractivity contribution in [2.45, 2.75) is 158 Å². The van der Waals surface area contributed by atoms with Gasteiger partial charge in [-0.15, -0.1) is 0 Å². The lowest BCUT2D eigenvalue weighted by Crippen LogP contribution is -2.63. The molecule has 2 saturated heterocycles. The molecule has 4 saturated carbocycles. The number of carbonyl (C=O) groups excluding carboxylic acids is 1. The van der Waals surface area contributed by atoms with Gasteiger partial charge in [-0.1, -0.05) is 20.3 Å². The van der Waals surface area contributed by atoms with Gasteiger partial charge in [0.1, 0.15) is 54.4 Å². The SMILES string of the molecule is C[C@@]1(CC(=O)OC2O[C@H](CO)[C@@H](O)[C@H](O)[C@H]2O)CCC[C@]2(C)C1CCC13CC(O[C@@H]4O[C@H](CO)[C@@H](O)[C@H](O)[C@H]4O)(CC[C@H]12)[C@](C)(O)C3. The molecule has 4 aliphatic carbocycles. The Bertz CT molecular complexity index is 1170. The molecular weight excluding hydrogens is 620 g/mol. The normalized spacial score (nSPS) is 56.0. The largest absolute Gasteiger partial charge is 0.433 e. The Morgan fingerprint density at radius 2 is 1.30 bits per heavy atom. The van der Waals surface area contributed by atoms with Crippen LogP contribution < -0.4 is 0 Å². The van der Waals surface area contributed by atoms with Gasteiger partial charge in [0.2, 0.25) is 6.29 Å². The summed E-state index contributed by atoms with van der Waals surface area (Å²) in [5, 5.41) is 93.2. The van der Waals surface area contributed by atoms with Gasteiger partial charge in [-0.25, -0.2) is 0 Å². The average Bonchev–Trinajstić information content (AvgIpc) is 3.16. The van der Waals surface area contributed by atoms with E-state index >= 15 is 0 Å². The zero-order chi connectivity index (χ0) is 34.3. The summed E-state index contributed by atoms with van der Waals surface area (Å²) in [6.07, 6.45) is -8.24. The highest BCUT2D eigenvalue weighted by Crippen LogP contribution is 2.74. The van der Waals surface area contributed by atoms with Crippen molar-refractivity contribution in [1.29, 1.82) is 0 Å². The van der Waals surface area contributed by atoms with Crippen molar-refractivity contribution < 1.29 is 69.7 Å². The molecule has 270 valence electrons. The highest BCUT2D eigenvalue weighted by atomic mass is 16.7. The van der Waals surface area contributed by atoms with Crippen LogP contribution in [0.3, 0.4) is 0 Å². The van der Waals surface area contributed by atoms with E-state index in [1.165, 1.54) is 0 Å². The number of carbonyl (C=O) groups is 1. The van der Waals surface area contributed by atoms with Crippen LogP contribution in [-0.4, -0.2) is 138 Å². The topological polar surface area (TPSA) is 236 Å². The molecule has 2 bridgehead atoms. The first-order valence-electron chi connectivity index (χ1n) is 17.2. The van der Waals surface area contributed by atoms with Gasteiger partial charge in [-0.05, 0) is 86.4 Å². The fraction of sp³-hybridized carbons (Fsp3) is 0.970. The molecule has 6 aliphatic rings. The van der Waals surface area contributed by atoms with Gasteiger partial charge < -0.3 is 64.9 Å². The summed E-state index contributed by atoms with van der Waals surface area (Å²) in [7, 11) is 0. The number of rotatable bonds is 7. The van der Waals surface area contributed by atoms with E-state index in [1.807, 2.05) is 0 Å². The summed E-state index contributed by atoms with van der Waals surface area (Å²) in [6.45, 7) is 4.95. The lowest BCUT2D eigenvalue weighted by Gasteiger charge is -2.64. The molecule has 0 radical (unpaired) electrons. The van der Waals surface area contributed by atoms with Gasteiger partial charge in [0.05, 0.1) is 25.2 Å². The van der Waals surface area contributed by atoms with Crippen molar-refractivity contribution in [2.75, 3.05) is 13.2 Å². The fourth-order valence-electron chi connectivity index (χ4n) is 11.4. The summed E-state index contributed by atoms with van der Waals surface area (Å²) in [4.78, 5) is 13.4. The average molecular weight is 675 g/mol. The lowest BCUT2D eigenvalue weighted by molar-refractivity contribution is -0.346. The molecule has 0 aromatic carbocycles. The quantitative estimate of drug-likeness (QED) is 0.114. The number of ether oxygens (including phenoxy) is 4. The molecule has 2 aliphatic heterocycles. The Balaban J connectivity index is 1.18. The van der Waals surface area contributed by atoms with Crippen LogP contribution in [0.15, 0.2) is 0 Å². The molecule has 1 spiro atoms. The summed E-state index contributed by atoms with van der Waals surface area (Å²) >= 11 is 0. The maximum atomic E-state index is 13.4. The maximum Gasteiger partial charge on any atom is 0.308 e. The Morgan fingerprint density at radius 1 is 0.723 bits per heavy atom. The van der Waals surface area contributed by atoms with Gasteiger partial charge in [0.25, 0.3) is 0 Å².